The van der Waals surface area contributed by atoms with Crippen LogP contribution in [0.3, 0.4) is 0 Å². The van der Waals surface area contributed by atoms with E-state index in [1.54, 1.807) is 0 Å². The van der Waals surface area contributed by atoms with Crippen LogP contribution in [0.25, 0.3) is 0 Å². The van der Waals surface area contributed by atoms with Crippen LogP contribution in [0, 0.1) is 5.92 Å². The number of ether oxygens (including phenoxy) is 1. The minimum Gasteiger partial charge on any atom is -0.439 e. The van der Waals surface area contributed by atoms with Gasteiger partial charge in [0.25, 0.3) is 0 Å². The summed E-state index contributed by atoms with van der Waals surface area (Å²) in [6, 6.07) is 20.6. The largest absolute Gasteiger partial charge is 0.439 e. The molecule has 1 saturated carbocycles. The van der Waals surface area contributed by atoms with Crippen molar-refractivity contribution in [1.29, 1.82) is 0 Å². The Labute approximate surface area is 192 Å². The van der Waals surface area contributed by atoms with Crippen LogP contribution < -0.4 is 0 Å². The Morgan fingerprint density at radius 3 is 2.19 bits per heavy atom. The fraction of sp³-hybridized carbons (Fsp3) is 0.500. The fourth-order valence-corrected chi connectivity index (χ4v) is 5.41. The summed E-state index contributed by atoms with van der Waals surface area (Å²) in [7, 11) is 0. The molecule has 2 aromatic rings. The highest BCUT2D eigenvalue weighted by molar-refractivity contribution is 5.81. The molecule has 1 heterocycles. The smallest absolute Gasteiger partial charge is 0.411 e. The monoisotopic (exact) mass is 432 g/mol. The Hall–Kier alpha value is -2.62. The molecule has 0 N–H and O–H groups in total. The molecule has 2 aromatic carbocycles. The Kier molecular flexibility index (Phi) is 6.98. The number of amides is 1. The first-order valence-corrected chi connectivity index (χ1v) is 12.1. The first kappa shape index (κ1) is 22.6. The van der Waals surface area contributed by atoms with Crippen molar-refractivity contribution in [2.75, 3.05) is 0 Å². The molecular formula is C28H36N2O2. The molecule has 1 amide bonds. The molecule has 0 aromatic heterocycles. The van der Waals surface area contributed by atoms with Crippen molar-refractivity contribution >= 4 is 12.3 Å². The van der Waals surface area contributed by atoms with E-state index < -0.39 is 5.54 Å². The molecule has 4 rings (SSSR count). The van der Waals surface area contributed by atoms with Crippen LogP contribution in [0.2, 0.25) is 0 Å². The van der Waals surface area contributed by atoms with Crippen LogP contribution in [0.1, 0.15) is 82.6 Å². The summed E-state index contributed by atoms with van der Waals surface area (Å²) in [5.74, 6) is 0.415. The second-order valence-corrected chi connectivity index (χ2v) is 9.97. The average molecular weight is 433 g/mol. The predicted molar refractivity (Wildman–Crippen MR) is 130 cm³/mol. The van der Waals surface area contributed by atoms with Gasteiger partial charge in [-0.25, -0.2) is 4.79 Å². The van der Waals surface area contributed by atoms with E-state index in [1.807, 2.05) is 53.4 Å². The van der Waals surface area contributed by atoms with Gasteiger partial charge in [-0.05, 0) is 43.2 Å². The number of nitrogens with zero attached hydrogens (tertiary/aromatic N) is 2. The molecule has 2 aliphatic rings. The van der Waals surface area contributed by atoms with Crippen LogP contribution in [-0.4, -0.2) is 28.8 Å². The molecule has 0 spiro atoms. The Bertz CT molecular complexity index is 906. The summed E-state index contributed by atoms with van der Waals surface area (Å²) in [6.45, 7) is 6.57. The van der Waals surface area contributed by atoms with Gasteiger partial charge < -0.3 is 4.74 Å². The van der Waals surface area contributed by atoms with Crippen molar-refractivity contribution < 1.29 is 9.53 Å². The normalized spacial score (nSPS) is 24.1. The summed E-state index contributed by atoms with van der Waals surface area (Å²) in [5, 5.41) is 0. The molecule has 1 saturated heterocycles. The summed E-state index contributed by atoms with van der Waals surface area (Å²) < 4.78 is 6.07. The lowest BCUT2D eigenvalue weighted by atomic mass is 9.86. The minimum absolute atomic E-state index is 0.201. The SMILES string of the molecule is CC(C)C[C@](C)(C=NC1CCCCC1)N1C(=O)O[C@H](c2ccccc2)[C@@H]1c1ccccc1. The summed E-state index contributed by atoms with van der Waals surface area (Å²) >= 11 is 0. The first-order chi connectivity index (χ1) is 15.5. The maximum Gasteiger partial charge on any atom is 0.411 e. The van der Waals surface area contributed by atoms with E-state index in [9.17, 15) is 4.79 Å². The molecule has 4 heteroatoms. The maximum absolute atomic E-state index is 13.5. The molecule has 32 heavy (non-hydrogen) atoms. The van der Waals surface area contributed by atoms with E-state index in [-0.39, 0.29) is 18.2 Å². The molecule has 4 nitrogen and oxygen atoms in total. The fourth-order valence-electron chi connectivity index (χ4n) is 5.41. The molecule has 3 atom stereocenters. The zero-order valence-electron chi connectivity index (χ0n) is 19.6. The van der Waals surface area contributed by atoms with E-state index in [1.165, 1.54) is 19.3 Å². The van der Waals surface area contributed by atoms with Gasteiger partial charge in [0.2, 0.25) is 0 Å². The van der Waals surface area contributed by atoms with Crippen molar-refractivity contribution in [3.63, 3.8) is 0 Å². The van der Waals surface area contributed by atoms with Gasteiger partial charge in [0.05, 0.1) is 5.54 Å². The molecule has 1 aliphatic carbocycles. The van der Waals surface area contributed by atoms with Crippen molar-refractivity contribution in [2.24, 2.45) is 10.9 Å². The topological polar surface area (TPSA) is 41.9 Å². The highest BCUT2D eigenvalue weighted by Crippen LogP contribution is 2.47. The third kappa shape index (κ3) is 4.90. The first-order valence-electron chi connectivity index (χ1n) is 12.1. The highest BCUT2D eigenvalue weighted by Gasteiger charge is 2.51. The predicted octanol–water partition coefficient (Wildman–Crippen LogP) is 7.13. The Balaban J connectivity index is 1.75. The van der Waals surface area contributed by atoms with Gasteiger partial charge >= 0.3 is 6.09 Å². The van der Waals surface area contributed by atoms with E-state index in [0.29, 0.717) is 12.0 Å². The standard InChI is InChI=1S/C28H36N2O2/c1-21(2)19-28(3,20-29-24-17-11-6-12-18-24)30-25(22-13-7-4-8-14-22)26(32-27(30)31)23-15-9-5-10-16-23/h4-5,7-10,13-16,20-21,24-26H,6,11-12,17-19H2,1-3H3/t25-,26+,28+/m0/s1. The zero-order chi connectivity index (χ0) is 22.6. The van der Waals surface area contributed by atoms with Crippen LogP contribution in [-0.2, 0) is 4.74 Å². The van der Waals surface area contributed by atoms with Gasteiger partial charge in [0.1, 0.15) is 6.04 Å². The number of cyclic esters (lactones) is 1. The minimum atomic E-state index is -0.521. The van der Waals surface area contributed by atoms with E-state index in [2.05, 4.69) is 39.1 Å². The summed E-state index contributed by atoms with van der Waals surface area (Å²) in [5.41, 5.74) is 1.59. The summed E-state index contributed by atoms with van der Waals surface area (Å²) in [4.78, 5) is 20.5. The van der Waals surface area contributed by atoms with Crippen LogP contribution in [0.15, 0.2) is 65.7 Å². The second-order valence-electron chi connectivity index (χ2n) is 9.97. The molecule has 0 bridgehead atoms. The average Bonchev–Trinajstić information content (AvgIpc) is 3.17. The van der Waals surface area contributed by atoms with Crippen molar-refractivity contribution in [3.05, 3.63) is 71.8 Å². The molecule has 0 radical (unpaired) electrons. The zero-order valence-corrected chi connectivity index (χ0v) is 19.6. The summed E-state index contributed by atoms with van der Waals surface area (Å²) in [6.07, 6.45) is 8.40. The Morgan fingerprint density at radius 1 is 1.00 bits per heavy atom. The Morgan fingerprint density at radius 2 is 1.59 bits per heavy atom. The lowest BCUT2D eigenvalue weighted by Gasteiger charge is -2.40. The van der Waals surface area contributed by atoms with Crippen LogP contribution in [0.5, 0.6) is 0 Å². The van der Waals surface area contributed by atoms with E-state index in [4.69, 9.17) is 9.73 Å². The number of rotatable bonds is 7. The van der Waals surface area contributed by atoms with Crippen molar-refractivity contribution in [1.82, 2.24) is 4.90 Å². The number of carbonyl (C=O) groups is 1. The maximum atomic E-state index is 13.5. The molecule has 2 fully saturated rings. The third-order valence-electron chi connectivity index (χ3n) is 6.77. The van der Waals surface area contributed by atoms with Gasteiger partial charge in [-0.3, -0.25) is 9.89 Å². The van der Waals surface area contributed by atoms with Gasteiger partial charge in [0.15, 0.2) is 6.10 Å². The molecular weight excluding hydrogens is 396 g/mol. The number of aliphatic imine (C=N–C) groups is 1. The number of hydrogen-bond acceptors (Lipinski definition) is 3. The number of benzene rings is 2. The van der Waals surface area contributed by atoms with Gasteiger partial charge in [0, 0.05) is 12.3 Å². The number of hydrogen-bond donors (Lipinski definition) is 0. The lowest BCUT2D eigenvalue weighted by molar-refractivity contribution is 0.121. The quantitative estimate of drug-likeness (QED) is 0.437. The second kappa shape index (κ2) is 9.89. The van der Waals surface area contributed by atoms with Crippen molar-refractivity contribution in [2.45, 2.75) is 83.0 Å². The van der Waals surface area contributed by atoms with Gasteiger partial charge in [-0.15, -0.1) is 0 Å². The van der Waals surface area contributed by atoms with Crippen LogP contribution >= 0.6 is 0 Å². The third-order valence-corrected chi connectivity index (χ3v) is 6.77. The van der Waals surface area contributed by atoms with Crippen molar-refractivity contribution in [3.8, 4) is 0 Å². The van der Waals surface area contributed by atoms with Gasteiger partial charge in [-0.2, -0.15) is 0 Å². The molecule has 0 unspecified atom stereocenters. The molecule has 170 valence electrons. The number of carbonyl (C=O) groups excluding carboxylic acids is 1. The van der Waals surface area contributed by atoms with E-state index >= 15 is 0 Å². The molecule has 1 aliphatic heterocycles. The highest BCUT2D eigenvalue weighted by atomic mass is 16.6. The van der Waals surface area contributed by atoms with E-state index in [0.717, 1.165) is 30.4 Å². The van der Waals surface area contributed by atoms with Crippen LogP contribution in [0.4, 0.5) is 4.79 Å². The van der Waals surface area contributed by atoms with Gasteiger partial charge in [-0.1, -0.05) is 93.8 Å². The lowest BCUT2D eigenvalue weighted by Crippen LogP contribution is -2.50.